The second-order valence-electron chi connectivity index (χ2n) is 8.13. The Morgan fingerprint density at radius 2 is 1.77 bits per heavy atom. The fraction of sp³-hybridized carbons (Fsp3) is 0.429. The Kier molecular flexibility index (Phi) is 2.57. The van der Waals surface area contributed by atoms with Crippen molar-refractivity contribution in [2.75, 3.05) is 0 Å². The van der Waals surface area contributed by atoms with Crippen LogP contribution in [-0.2, 0) is 0 Å². The highest BCUT2D eigenvalue weighted by atomic mass is 16.2. The molecule has 0 unspecified atom stereocenters. The zero-order valence-electron chi connectivity index (χ0n) is 14.8. The third kappa shape index (κ3) is 1.38. The molecule has 132 valence electrons. The third-order valence-electron chi connectivity index (χ3n) is 7.25. The highest BCUT2D eigenvalue weighted by Crippen LogP contribution is 2.70. The van der Waals surface area contributed by atoms with Crippen LogP contribution < -0.4 is 11.4 Å². The van der Waals surface area contributed by atoms with E-state index in [1.807, 2.05) is 30.3 Å². The molecule has 0 amide bonds. The van der Waals surface area contributed by atoms with E-state index in [1.54, 1.807) is 14.9 Å². The average Bonchev–Trinajstić information content (AvgIpc) is 2.94. The second kappa shape index (κ2) is 4.58. The zero-order valence-corrected chi connectivity index (χ0v) is 14.8. The summed E-state index contributed by atoms with van der Waals surface area (Å²) in [5, 5.41) is 0. The van der Waals surface area contributed by atoms with Gasteiger partial charge in [0.1, 0.15) is 0 Å². The predicted molar refractivity (Wildman–Crippen MR) is 98.6 cm³/mol. The van der Waals surface area contributed by atoms with Crippen LogP contribution in [-0.4, -0.2) is 13.9 Å². The standard InChI is InChI=1S/C21H21N3O2/c1-13-15-9-5-6-12-21(15)17-11-10-16(18(13)21)23-19(25)22(20(26)24(17)23)14-7-3-2-4-8-14/h2-4,7-8,10-11,16-18H,5-6,9,12H2,1H3/t16-,17-,18-,21-/m1/s1. The average molecular weight is 347 g/mol. The summed E-state index contributed by atoms with van der Waals surface area (Å²) in [6, 6.07) is 9.22. The maximum atomic E-state index is 13.3. The molecular weight excluding hydrogens is 326 g/mol. The van der Waals surface area contributed by atoms with Gasteiger partial charge in [0.2, 0.25) is 0 Å². The Hall–Kier alpha value is -2.56. The number of hydrogen-bond donors (Lipinski definition) is 0. The molecule has 5 heteroatoms. The summed E-state index contributed by atoms with van der Waals surface area (Å²) in [6.45, 7) is 2.24. The number of nitrogens with zero attached hydrogens (tertiary/aromatic N) is 3. The van der Waals surface area contributed by atoms with Gasteiger partial charge >= 0.3 is 11.4 Å². The van der Waals surface area contributed by atoms with E-state index in [-0.39, 0.29) is 28.9 Å². The SMILES string of the molecule is CC1=C2CCCC[C@@]23[C@H]1[C@H]1C=C[C@H]3n2c(=O)n(-c3ccccc3)c(=O)n21. The maximum absolute atomic E-state index is 13.3. The van der Waals surface area contributed by atoms with Gasteiger partial charge in [0.25, 0.3) is 0 Å². The Morgan fingerprint density at radius 3 is 2.58 bits per heavy atom. The molecule has 1 aromatic carbocycles. The summed E-state index contributed by atoms with van der Waals surface area (Å²) in [5.74, 6) is 0.372. The van der Waals surface area contributed by atoms with Crippen LogP contribution in [0.3, 0.4) is 0 Å². The van der Waals surface area contributed by atoms with Gasteiger partial charge in [-0.25, -0.2) is 23.5 Å². The summed E-state index contributed by atoms with van der Waals surface area (Å²) in [7, 11) is 0. The number of hydrogen-bond acceptors (Lipinski definition) is 2. The molecule has 1 spiro atoms. The molecule has 5 nitrogen and oxygen atoms in total. The molecular formula is C21H21N3O2. The quantitative estimate of drug-likeness (QED) is 0.745. The summed E-state index contributed by atoms with van der Waals surface area (Å²) >= 11 is 0. The van der Waals surface area contributed by atoms with Gasteiger partial charge in [-0.1, -0.05) is 47.9 Å². The molecule has 1 aromatic heterocycles. The zero-order chi connectivity index (χ0) is 17.6. The highest BCUT2D eigenvalue weighted by molar-refractivity contribution is 5.47. The van der Waals surface area contributed by atoms with E-state index < -0.39 is 0 Å². The van der Waals surface area contributed by atoms with Gasteiger partial charge in [0.05, 0.1) is 17.8 Å². The molecule has 2 bridgehead atoms. The first-order chi connectivity index (χ1) is 12.7. The minimum Gasteiger partial charge on any atom is -0.245 e. The Balaban J connectivity index is 1.64. The van der Waals surface area contributed by atoms with Crippen molar-refractivity contribution >= 4 is 0 Å². The first kappa shape index (κ1) is 14.6. The van der Waals surface area contributed by atoms with Crippen molar-refractivity contribution in [3.63, 3.8) is 0 Å². The van der Waals surface area contributed by atoms with Gasteiger partial charge in [0, 0.05) is 11.3 Å². The van der Waals surface area contributed by atoms with E-state index in [0.717, 1.165) is 12.8 Å². The molecule has 0 N–H and O–H groups in total. The smallest absolute Gasteiger partial charge is 0.245 e. The van der Waals surface area contributed by atoms with Gasteiger partial charge in [0.15, 0.2) is 0 Å². The fourth-order valence-electron chi connectivity index (χ4n) is 6.40. The van der Waals surface area contributed by atoms with Crippen LogP contribution in [0, 0.1) is 11.3 Å². The summed E-state index contributed by atoms with van der Waals surface area (Å²) < 4.78 is 4.82. The lowest BCUT2D eigenvalue weighted by molar-refractivity contribution is -0.00781. The lowest BCUT2D eigenvalue weighted by Gasteiger charge is -2.64. The molecule has 3 heterocycles. The third-order valence-corrected chi connectivity index (χ3v) is 7.25. The molecule has 3 aliphatic carbocycles. The molecule has 2 aromatic rings. The molecule has 5 aliphatic rings. The van der Waals surface area contributed by atoms with Crippen LogP contribution in [0.25, 0.3) is 5.69 Å². The predicted octanol–water partition coefficient (Wildman–Crippen LogP) is 2.97. The monoisotopic (exact) mass is 347 g/mol. The molecule has 26 heavy (non-hydrogen) atoms. The number of allylic oxidation sites excluding steroid dienone is 4. The topological polar surface area (TPSA) is 48.9 Å². The maximum Gasteiger partial charge on any atom is 0.352 e. The molecule has 1 saturated carbocycles. The second-order valence-corrected chi connectivity index (χ2v) is 8.13. The van der Waals surface area contributed by atoms with Crippen molar-refractivity contribution in [3.05, 3.63) is 74.6 Å². The number of benzene rings is 1. The van der Waals surface area contributed by atoms with Gasteiger partial charge in [-0.05, 0) is 38.3 Å². The van der Waals surface area contributed by atoms with E-state index in [4.69, 9.17) is 0 Å². The van der Waals surface area contributed by atoms with Crippen molar-refractivity contribution in [1.82, 2.24) is 13.9 Å². The summed E-state index contributed by atoms with van der Waals surface area (Å²) in [4.78, 5) is 26.5. The first-order valence-electron chi connectivity index (χ1n) is 9.56. The Bertz CT molecular complexity index is 1110. The molecule has 7 rings (SSSR count). The number of para-hydroxylation sites is 1. The largest absolute Gasteiger partial charge is 0.352 e. The van der Waals surface area contributed by atoms with Crippen LogP contribution in [0.4, 0.5) is 0 Å². The lowest BCUT2D eigenvalue weighted by Crippen LogP contribution is -2.61. The van der Waals surface area contributed by atoms with Crippen LogP contribution >= 0.6 is 0 Å². The van der Waals surface area contributed by atoms with Crippen molar-refractivity contribution in [2.45, 2.75) is 44.7 Å². The van der Waals surface area contributed by atoms with E-state index >= 15 is 0 Å². The van der Waals surface area contributed by atoms with Crippen molar-refractivity contribution < 1.29 is 0 Å². The van der Waals surface area contributed by atoms with E-state index in [2.05, 4.69) is 19.1 Å². The van der Waals surface area contributed by atoms with Crippen molar-refractivity contribution in [2.24, 2.45) is 11.3 Å². The number of rotatable bonds is 1. The van der Waals surface area contributed by atoms with Gasteiger partial charge in [-0.3, -0.25) is 0 Å². The Morgan fingerprint density at radius 1 is 1.00 bits per heavy atom. The van der Waals surface area contributed by atoms with E-state index in [0.29, 0.717) is 11.6 Å². The van der Waals surface area contributed by atoms with Crippen LogP contribution in [0.1, 0.15) is 44.7 Å². The highest BCUT2D eigenvalue weighted by Gasteiger charge is 2.64. The normalized spacial score (nSPS) is 33.5. The summed E-state index contributed by atoms with van der Waals surface area (Å²) in [6.07, 6.45) is 9.09. The molecule has 2 aliphatic heterocycles. The van der Waals surface area contributed by atoms with E-state index in [9.17, 15) is 9.59 Å². The molecule has 1 fully saturated rings. The van der Waals surface area contributed by atoms with Crippen LogP contribution in [0.2, 0.25) is 0 Å². The van der Waals surface area contributed by atoms with E-state index in [1.165, 1.54) is 23.0 Å². The molecule has 0 radical (unpaired) electrons. The van der Waals surface area contributed by atoms with Crippen molar-refractivity contribution in [3.8, 4) is 5.69 Å². The number of aromatic nitrogens is 3. The first-order valence-corrected chi connectivity index (χ1v) is 9.56. The van der Waals surface area contributed by atoms with Crippen LogP contribution in [0.5, 0.6) is 0 Å². The minimum absolute atomic E-state index is 0.0262. The van der Waals surface area contributed by atoms with Gasteiger partial charge in [-0.15, -0.1) is 0 Å². The molecule has 0 saturated heterocycles. The Labute approximate surface area is 150 Å². The van der Waals surface area contributed by atoms with Gasteiger partial charge < -0.3 is 0 Å². The summed E-state index contributed by atoms with van der Waals surface area (Å²) in [5.41, 5.74) is 3.32. The lowest BCUT2D eigenvalue weighted by atomic mass is 9.44. The van der Waals surface area contributed by atoms with Crippen LogP contribution in [0.15, 0.2) is 63.2 Å². The molecule has 4 atom stereocenters. The van der Waals surface area contributed by atoms with Gasteiger partial charge in [-0.2, -0.15) is 0 Å². The minimum atomic E-state index is -0.215. The van der Waals surface area contributed by atoms with Crippen molar-refractivity contribution in [1.29, 1.82) is 0 Å². The fourth-order valence-corrected chi connectivity index (χ4v) is 6.40.